The van der Waals surface area contributed by atoms with Gasteiger partial charge in [0.15, 0.2) is 17.5 Å². The number of hydrogen-bond acceptors (Lipinski definition) is 6. The lowest BCUT2D eigenvalue weighted by Gasteiger charge is -2.42. The Kier molecular flexibility index (Phi) is 5.55. The molecule has 0 spiro atoms. The summed E-state index contributed by atoms with van der Waals surface area (Å²) in [5.74, 6) is -3.59. The second-order valence-electron chi connectivity index (χ2n) is 7.70. The summed E-state index contributed by atoms with van der Waals surface area (Å²) in [4.78, 5) is 26.8. The Hall–Kier alpha value is -3.18. The number of rotatable bonds is 4. The van der Waals surface area contributed by atoms with Crippen LogP contribution in [0.5, 0.6) is 0 Å². The van der Waals surface area contributed by atoms with E-state index in [-0.39, 0.29) is 29.7 Å². The Morgan fingerprint density at radius 3 is 2.41 bits per heavy atom. The van der Waals surface area contributed by atoms with Crippen LogP contribution in [0.3, 0.4) is 0 Å². The van der Waals surface area contributed by atoms with Crippen LogP contribution in [0.1, 0.15) is 19.7 Å². The predicted molar refractivity (Wildman–Crippen MR) is 112 cm³/mol. The third-order valence-electron chi connectivity index (χ3n) is 5.32. The number of nitrogens with zero attached hydrogens (tertiary/aromatic N) is 5. The average molecular weight is 466 g/mol. The van der Waals surface area contributed by atoms with Crippen LogP contribution < -0.4 is 11.1 Å². The Labute approximate surface area is 186 Å². The van der Waals surface area contributed by atoms with Gasteiger partial charge in [0.25, 0.3) is 0 Å². The van der Waals surface area contributed by atoms with Gasteiger partial charge in [-0.1, -0.05) is 11.6 Å². The Bertz CT molecular complexity index is 1170. The number of amides is 1. The van der Waals surface area contributed by atoms with E-state index in [0.717, 1.165) is 12.1 Å². The summed E-state index contributed by atoms with van der Waals surface area (Å²) in [7, 11) is 0. The molecule has 0 bridgehead atoms. The first-order valence-electron chi connectivity index (χ1n) is 9.64. The fourth-order valence-corrected chi connectivity index (χ4v) is 3.89. The first-order chi connectivity index (χ1) is 15.1. The van der Waals surface area contributed by atoms with E-state index in [1.54, 1.807) is 23.3 Å². The topological polar surface area (TPSA) is 102 Å². The van der Waals surface area contributed by atoms with Gasteiger partial charge in [-0.05, 0) is 26.0 Å². The van der Waals surface area contributed by atoms with Gasteiger partial charge in [-0.2, -0.15) is 0 Å². The Morgan fingerprint density at radius 1 is 1.19 bits per heavy atom. The molecule has 3 heterocycles. The number of carbonyl (C=O) groups excluding carboxylic acids is 1. The molecule has 32 heavy (non-hydrogen) atoms. The van der Waals surface area contributed by atoms with Crippen molar-refractivity contribution >= 4 is 29.3 Å². The van der Waals surface area contributed by atoms with E-state index >= 15 is 0 Å². The molecule has 3 N–H and O–H groups in total. The van der Waals surface area contributed by atoms with Crippen molar-refractivity contribution in [2.45, 2.75) is 25.9 Å². The van der Waals surface area contributed by atoms with E-state index in [1.165, 1.54) is 12.4 Å². The largest absolute Gasteiger partial charge is 0.327 e. The van der Waals surface area contributed by atoms with E-state index in [0.29, 0.717) is 29.8 Å². The lowest BCUT2D eigenvalue weighted by Crippen LogP contribution is -2.53. The molecule has 0 fully saturated rings. The monoisotopic (exact) mass is 465 g/mol. The van der Waals surface area contributed by atoms with Gasteiger partial charge >= 0.3 is 0 Å². The predicted octanol–water partition coefficient (Wildman–Crippen LogP) is 3.19. The van der Waals surface area contributed by atoms with Gasteiger partial charge in [0, 0.05) is 18.7 Å². The van der Waals surface area contributed by atoms with E-state index in [9.17, 15) is 18.0 Å². The van der Waals surface area contributed by atoms with Crippen LogP contribution >= 0.6 is 11.6 Å². The quantitative estimate of drug-likeness (QED) is 0.574. The number of aromatic nitrogens is 4. The number of anilines is 2. The van der Waals surface area contributed by atoms with E-state index in [2.05, 4.69) is 20.3 Å². The van der Waals surface area contributed by atoms with Crippen LogP contribution in [0.25, 0.3) is 11.3 Å². The molecule has 0 aliphatic carbocycles. The molecule has 1 amide bonds. The fraction of sp³-hybridized carbons (Fsp3) is 0.300. The summed E-state index contributed by atoms with van der Waals surface area (Å²) in [5.41, 5.74) is 4.82. The van der Waals surface area contributed by atoms with Crippen molar-refractivity contribution in [3.05, 3.63) is 52.8 Å². The molecule has 0 unspecified atom stereocenters. The van der Waals surface area contributed by atoms with E-state index in [4.69, 9.17) is 17.3 Å². The normalized spacial score (nSPS) is 14.9. The summed E-state index contributed by atoms with van der Waals surface area (Å²) in [6.07, 6.45) is 2.76. The molecule has 12 heteroatoms. The van der Waals surface area contributed by atoms with Crippen molar-refractivity contribution in [2.24, 2.45) is 5.73 Å². The van der Waals surface area contributed by atoms with Crippen molar-refractivity contribution in [3.63, 3.8) is 0 Å². The summed E-state index contributed by atoms with van der Waals surface area (Å²) in [5, 5.41) is 3.33. The smallest absolute Gasteiger partial charge is 0.237 e. The first kappa shape index (κ1) is 22.0. The molecule has 0 radical (unpaired) electrons. The summed E-state index contributed by atoms with van der Waals surface area (Å²) < 4.78 is 43.3. The van der Waals surface area contributed by atoms with Crippen molar-refractivity contribution in [1.82, 2.24) is 24.4 Å². The van der Waals surface area contributed by atoms with Crippen molar-refractivity contribution < 1.29 is 18.0 Å². The number of fused-ring (bicyclic) bond motifs is 1. The number of carbonyl (C=O) groups is 1. The summed E-state index contributed by atoms with van der Waals surface area (Å²) in [6.45, 7) is 4.05. The molecule has 0 atom stereocenters. The Morgan fingerprint density at radius 2 is 1.81 bits per heavy atom. The number of nitrogens with one attached hydrogen (secondary N) is 1. The molecule has 168 valence electrons. The minimum atomic E-state index is -1.58. The highest BCUT2D eigenvalue weighted by molar-refractivity contribution is 6.30. The summed E-state index contributed by atoms with van der Waals surface area (Å²) >= 11 is 5.85. The lowest BCUT2D eigenvalue weighted by atomic mass is 9.99. The molecule has 1 aliphatic rings. The maximum Gasteiger partial charge on any atom is 0.237 e. The zero-order valence-electron chi connectivity index (χ0n) is 17.2. The van der Waals surface area contributed by atoms with Crippen LogP contribution in [0.2, 0.25) is 5.02 Å². The zero-order chi connectivity index (χ0) is 23.2. The van der Waals surface area contributed by atoms with Gasteiger partial charge < -0.3 is 20.5 Å². The zero-order valence-corrected chi connectivity index (χ0v) is 17.9. The highest BCUT2D eigenvalue weighted by Gasteiger charge is 2.41. The van der Waals surface area contributed by atoms with Gasteiger partial charge in [0.1, 0.15) is 17.3 Å². The number of imidazole rings is 1. The summed E-state index contributed by atoms with van der Waals surface area (Å²) in [6, 6.07) is 1.72. The number of halogens is 4. The molecule has 1 aliphatic heterocycles. The van der Waals surface area contributed by atoms with Gasteiger partial charge in [-0.15, -0.1) is 0 Å². The molecular weight excluding hydrogens is 447 g/mol. The minimum absolute atomic E-state index is 0.00673. The van der Waals surface area contributed by atoms with Gasteiger partial charge in [-0.3, -0.25) is 4.79 Å². The second kappa shape index (κ2) is 8.06. The first-order valence-corrected chi connectivity index (χ1v) is 10.0. The maximum atomic E-state index is 14.0. The van der Waals surface area contributed by atoms with Crippen LogP contribution in [-0.2, 0) is 16.9 Å². The number of benzene rings is 1. The number of hydrogen-bond donors (Lipinski definition) is 2. The van der Waals surface area contributed by atoms with Gasteiger partial charge in [0.05, 0.1) is 29.5 Å². The van der Waals surface area contributed by atoms with Gasteiger partial charge in [0.2, 0.25) is 11.9 Å². The molecule has 0 saturated carbocycles. The van der Waals surface area contributed by atoms with Crippen molar-refractivity contribution in [2.75, 3.05) is 18.4 Å². The SMILES string of the molecule is CC1(C)c2nc(-c3cc(F)c(F)c(F)c3)c(Nc3ncc(Cl)cn3)n2CCN1C(=O)CN. The Balaban J connectivity index is 1.90. The minimum Gasteiger partial charge on any atom is -0.327 e. The van der Waals surface area contributed by atoms with Crippen LogP contribution in [0, 0.1) is 17.5 Å². The molecule has 3 aromatic rings. The fourth-order valence-electron chi connectivity index (χ4n) is 3.79. The maximum absolute atomic E-state index is 14.0. The lowest BCUT2D eigenvalue weighted by molar-refractivity contribution is -0.137. The van der Waals surface area contributed by atoms with Crippen molar-refractivity contribution in [3.8, 4) is 11.3 Å². The third kappa shape index (κ3) is 3.67. The van der Waals surface area contributed by atoms with Crippen LogP contribution in [0.15, 0.2) is 24.5 Å². The van der Waals surface area contributed by atoms with E-state index < -0.39 is 23.0 Å². The van der Waals surface area contributed by atoms with Gasteiger partial charge in [-0.25, -0.2) is 28.1 Å². The second-order valence-corrected chi connectivity index (χ2v) is 8.13. The molecule has 2 aromatic heterocycles. The number of nitrogens with two attached hydrogens (primary N) is 1. The molecule has 1 aromatic carbocycles. The van der Waals surface area contributed by atoms with Crippen LogP contribution in [0.4, 0.5) is 24.9 Å². The van der Waals surface area contributed by atoms with Crippen molar-refractivity contribution in [1.29, 1.82) is 0 Å². The van der Waals surface area contributed by atoms with Crippen LogP contribution in [-0.4, -0.2) is 43.4 Å². The molecular formula is C20H19ClF3N7O. The molecule has 0 saturated heterocycles. The average Bonchev–Trinajstić information content (AvgIpc) is 3.12. The highest BCUT2D eigenvalue weighted by atomic mass is 35.5. The standard InChI is InChI=1S/C20H19ClF3N7O/c1-20(2)18-28-16(10-5-12(22)15(24)13(23)6-10)17(29-19-26-8-11(21)9-27-19)30(18)3-4-31(20)14(32)7-25/h5-6,8-9H,3-4,7,25H2,1-2H3,(H,26,27,29). The molecule has 4 rings (SSSR count). The highest BCUT2D eigenvalue weighted by Crippen LogP contribution is 2.39. The molecule has 8 nitrogen and oxygen atoms in total. The third-order valence-corrected chi connectivity index (χ3v) is 5.52. The van der Waals surface area contributed by atoms with E-state index in [1.807, 2.05) is 0 Å².